The average molecular weight is 279 g/mol. The highest BCUT2D eigenvalue weighted by molar-refractivity contribution is 6.30. The molecule has 1 fully saturated rings. The molecule has 0 saturated carbocycles. The summed E-state index contributed by atoms with van der Waals surface area (Å²) >= 11 is 5.71. The van der Waals surface area contributed by atoms with Crippen molar-refractivity contribution < 1.29 is 9.18 Å². The summed E-state index contributed by atoms with van der Waals surface area (Å²) < 4.78 is 13.3. The third-order valence-corrected chi connectivity index (χ3v) is 2.83. The minimum absolute atomic E-state index is 0. The molecular formula is C11H13Cl2FN2O. The third-order valence-electron chi connectivity index (χ3n) is 2.59. The van der Waals surface area contributed by atoms with Gasteiger partial charge in [0, 0.05) is 30.6 Å². The molecule has 0 aliphatic carbocycles. The first-order chi connectivity index (χ1) is 7.66. The fourth-order valence-electron chi connectivity index (χ4n) is 1.50. The highest BCUT2D eigenvalue weighted by atomic mass is 35.5. The van der Waals surface area contributed by atoms with Crippen LogP contribution in [-0.4, -0.2) is 25.5 Å². The summed E-state index contributed by atoms with van der Waals surface area (Å²) in [5.74, 6) is -0.508. The number of carbonyl (C=O) groups excluding carboxylic acids is 1. The van der Waals surface area contributed by atoms with Crippen LogP contribution in [0.3, 0.4) is 0 Å². The molecule has 0 atom stereocenters. The summed E-state index contributed by atoms with van der Waals surface area (Å²) in [7, 11) is 0. The van der Waals surface area contributed by atoms with Crippen molar-refractivity contribution in [1.82, 2.24) is 10.6 Å². The largest absolute Gasteiger partial charge is 0.352 e. The maximum absolute atomic E-state index is 13.3. The maximum atomic E-state index is 13.3. The van der Waals surface area contributed by atoms with Crippen molar-refractivity contribution in [1.29, 1.82) is 0 Å². The van der Waals surface area contributed by atoms with Gasteiger partial charge in [0.2, 0.25) is 0 Å². The van der Waals surface area contributed by atoms with Crippen molar-refractivity contribution in [2.24, 2.45) is 5.92 Å². The van der Waals surface area contributed by atoms with E-state index in [9.17, 15) is 9.18 Å². The zero-order valence-corrected chi connectivity index (χ0v) is 10.6. The second-order valence-electron chi connectivity index (χ2n) is 3.86. The smallest absolute Gasteiger partial charge is 0.254 e. The summed E-state index contributed by atoms with van der Waals surface area (Å²) in [5, 5.41) is 6.15. The molecule has 0 bridgehead atoms. The Bertz CT molecular complexity index is 410. The van der Waals surface area contributed by atoms with Gasteiger partial charge < -0.3 is 10.6 Å². The Balaban J connectivity index is 0.00000144. The monoisotopic (exact) mass is 278 g/mol. The zero-order valence-electron chi connectivity index (χ0n) is 9.00. The average Bonchev–Trinajstić information content (AvgIpc) is 2.19. The molecule has 94 valence electrons. The molecule has 1 aromatic carbocycles. The molecule has 3 nitrogen and oxygen atoms in total. The lowest BCUT2D eigenvalue weighted by molar-refractivity contribution is 0.0938. The van der Waals surface area contributed by atoms with Gasteiger partial charge in [0.05, 0.1) is 5.56 Å². The number of nitrogens with one attached hydrogen (secondary N) is 2. The van der Waals surface area contributed by atoms with Gasteiger partial charge in [-0.2, -0.15) is 0 Å². The molecule has 1 heterocycles. The first kappa shape index (κ1) is 14.2. The first-order valence-corrected chi connectivity index (χ1v) is 5.48. The Hall–Kier alpha value is -0.840. The van der Waals surface area contributed by atoms with E-state index in [1.54, 1.807) is 0 Å². The van der Waals surface area contributed by atoms with E-state index in [4.69, 9.17) is 11.6 Å². The Morgan fingerprint density at radius 2 is 2.24 bits per heavy atom. The molecule has 1 aliphatic heterocycles. The molecule has 6 heteroatoms. The Morgan fingerprint density at radius 1 is 1.53 bits per heavy atom. The molecular weight excluding hydrogens is 266 g/mol. The SMILES string of the molecule is Cl.O=C(NCC1CNC1)c1cc(Cl)ccc1F. The van der Waals surface area contributed by atoms with Gasteiger partial charge in [0.25, 0.3) is 5.91 Å². The molecule has 0 spiro atoms. The quantitative estimate of drug-likeness (QED) is 0.886. The fourth-order valence-corrected chi connectivity index (χ4v) is 1.67. The van der Waals surface area contributed by atoms with E-state index in [1.807, 2.05) is 0 Å². The molecule has 1 saturated heterocycles. The molecule has 2 rings (SSSR count). The molecule has 1 aliphatic rings. The summed E-state index contributed by atoms with van der Waals surface area (Å²) in [5.41, 5.74) is -0.000201. The number of hydrogen-bond donors (Lipinski definition) is 2. The number of amides is 1. The molecule has 1 amide bonds. The van der Waals surface area contributed by atoms with Crippen LogP contribution >= 0.6 is 24.0 Å². The first-order valence-electron chi connectivity index (χ1n) is 5.11. The van der Waals surface area contributed by atoms with Gasteiger partial charge >= 0.3 is 0 Å². The molecule has 0 unspecified atom stereocenters. The van der Waals surface area contributed by atoms with Crippen LogP contribution in [0.1, 0.15) is 10.4 Å². The van der Waals surface area contributed by atoms with Gasteiger partial charge in [0.15, 0.2) is 0 Å². The maximum Gasteiger partial charge on any atom is 0.254 e. The van der Waals surface area contributed by atoms with E-state index in [-0.39, 0.29) is 18.0 Å². The van der Waals surface area contributed by atoms with Crippen molar-refractivity contribution in [2.45, 2.75) is 0 Å². The lowest BCUT2D eigenvalue weighted by Crippen LogP contribution is -2.48. The predicted molar refractivity (Wildman–Crippen MR) is 67.4 cm³/mol. The van der Waals surface area contributed by atoms with E-state index in [0.717, 1.165) is 13.1 Å². The lowest BCUT2D eigenvalue weighted by Gasteiger charge is -2.27. The van der Waals surface area contributed by atoms with Gasteiger partial charge in [-0.25, -0.2) is 4.39 Å². The minimum Gasteiger partial charge on any atom is -0.352 e. The minimum atomic E-state index is -0.548. The van der Waals surface area contributed by atoms with Crippen molar-refractivity contribution >= 4 is 29.9 Å². The molecule has 2 N–H and O–H groups in total. The number of carbonyl (C=O) groups is 1. The van der Waals surface area contributed by atoms with Gasteiger partial charge in [-0.3, -0.25) is 4.79 Å². The van der Waals surface area contributed by atoms with E-state index in [1.165, 1.54) is 18.2 Å². The molecule has 0 radical (unpaired) electrons. The predicted octanol–water partition coefficient (Wildman–Crippen LogP) is 1.85. The van der Waals surface area contributed by atoms with Gasteiger partial charge in [-0.15, -0.1) is 12.4 Å². The number of rotatable bonds is 3. The van der Waals surface area contributed by atoms with Crippen molar-refractivity contribution in [3.8, 4) is 0 Å². The molecule has 17 heavy (non-hydrogen) atoms. The number of hydrogen-bond acceptors (Lipinski definition) is 2. The second kappa shape index (κ2) is 6.19. The van der Waals surface area contributed by atoms with Gasteiger partial charge in [-0.1, -0.05) is 11.6 Å². The van der Waals surface area contributed by atoms with Crippen LogP contribution in [0.15, 0.2) is 18.2 Å². The van der Waals surface area contributed by atoms with Crippen LogP contribution in [0, 0.1) is 11.7 Å². The Morgan fingerprint density at radius 3 is 2.82 bits per heavy atom. The van der Waals surface area contributed by atoms with Crippen LogP contribution < -0.4 is 10.6 Å². The standard InChI is InChI=1S/C11H12ClFN2O.ClH/c12-8-1-2-10(13)9(3-8)11(16)15-6-7-4-14-5-7;/h1-3,7,14H,4-6H2,(H,15,16);1H. The van der Waals surface area contributed by atoms with E-state index in [2.05, 4.69) is 10.6 Å². The lowest BCUT2D eigenvalue weighted by atomic mass is 10.0. The summed E-state index contributed by atoms with van der Waals surface area (Å²) in [6, 6.07) is 3.96. The van der Waals surface area contributed by atoms with E-state index < -0.39 is 11.7 Å². The highest BCUT2D eigenvalue weighted by Crippen LogP contribution is 2.14. The topological polar surface area (TPSA) is 41.1 Å². The normalized spacial score (nSPS) is 14.7. The van der Waals surface area contributed by atoms with Gasteiger partial charge in [-0.05, 0) is 18.2 Å². The Kier molecular flexibility index (Phi) is 5.18. The number of halogens is 3. The van der Waals surface area contributed by atoms with Crippen molar-refractivity contribution in [2.75, 3.05) is 19.6 Å². The van der Waals surface area contributed by atoms with Crippen LogP contribution in [-0.2, 0) is 0 Å². The van der Waals surface area contributed by atoms with Crippen LogP contribution in [0.2, 0.25) is 5.02 Å². The van der Waals surface area contributed by atoms with Crippen molar-refractivity contribution in [3.63, 3.8) is 0 Å². The van der Waals surface area contributed by atoms with Gasteiger partial charge in [0.1, 0.15) is 5.82 Å². The third kappa shape index (κ3) is 3.56. The highest BCUT2D eigenvalue weighted by Gasteiger charge is 2.18. The fraction of sp³-hybridized carbons (Fsp3) is 0.364. The number of benzene rings is 1. The summed E-state index contributed by atoms with van der Waals surface area (Å²) in [6.45, 7) is 2.37. The van der Waals surface area contributed by atoms with Crippen LogP contribution in [0.25, 0.3) is 0 Å². The summed E-state index contributed by atoms with van der Waals surface area (Å²) in [4.78, 5) is 11.6. The molecule has 1 aromatic rings. The van der Waals surface area contributed by atoms with Crippen LogP contribution in [0.5, 0.6) is 0 Å². The summed E-state index contributed by atoms with van der Waals surface area (Å²) in [6.07, 6.45) is 0. The zero-order chi connectivity index (χ0) is 11.5. The molecule has 0 aromatic heterocycles. The van der Waals surface area contributed by atoms with Crippen LogP contribution in [0.4, 0.5) is 4.39 Å². The van der Waals surface area contributed by atoms with E-state index in [0.29, 0.717) is 17.5 Å². The van der Waals surface area contributed by atoms with Crippen molar-refractivity contribution in [3.05, 3.63) is 34.6 Å². The van der Waals surface area contributed by atoms with E-state index >= 15 is 0 Å². The second-order valence-corrected chi connectivity index (χ2v) is 4.29. The Labute approximate surface area is 110 Å².